The van der Waals surface area contributed by atoms with Crippen LogP contribution < -0.4 is 5.43 Å². The van der Waals surface area contributed by atoms with E-state index in [9.17, 15) is 0 Å². The molecule has 0 spiro atoms. The molecule has 126 valence electrons. The second-order valence-corrected chi connectivity index (χ2v) is 7.01. The van der Waals surface area contributed by atoms with Crippen molar-refractivity contribution in [3.05, 3.63) is 77.9 Å². The Kier molecular flexibility index (Phi) is 6.36. The lowest BCUT2D eigenvalue weighted by Gasteiger charge is -2.26. The van der Waals surface area contributed by atoms with Crippen molar-refractivity contribution in [1.82, 2.24) is 5.43 Å². The highest BCUT2D eigenvalue weighted by Gasteiger charge is 2.25. The van der Waals surface area contributed by atoms with Crippen LogP contribution in [0.2, 0.25) is 0 Å². The monoisotopic (exact) mass is 320 g/mol. The molecule has 0 aliphatic rings. The van der Waals surface area contributed by atoms with Crippen molar-refractivity contribution >= 4 is 11.8 Å². The summed E-state index contributed by atoms with van der Waals surface area (Å²) in [7, 11) is 0. The predicted octanol–water partition coefficient (Wildman–Crippen LogP) is 5.52. The molecule has 0 unspecified atom stereocenters. The molecule has 0 radical (unpaired) electrons. The number of benzene rings is 2. The summed E-state index contributed by atoms with van der Waals surface area (Å²) in [6.45, 7) is 8.70. The maximum atomic E-state index is 4.72. The maximum Gasteiger partial charge on any atom is 0.0734 e. The van der Waals surface area contributed by atoms with E-state index in [1.54, 1.807) is 0 Å². The molecular weight excluding hydrogens is 292 g/mol. The van der Waals surface area contributed by atoms with Gasteiger partial charge >= 0.3 is 0 Å². The van der Waals surface area contributed by atoms with E-state index in [1.165, 1.54) is 11.1 Å². The number of hydrogen-bond donors (Lipinski definition) is 1. The number of allylic oxidation sites excluding steroid dienone is 1. The zero-order valence-electron chi connectivity index (χ0n) is 15.2. The van der Waals surface area contributed by atoms with Crippen LogP contribution in [0.25, 0.3) is 6.08 Å². The molecule has 0 fully saturated rings. The van der Waals surface area contributed by atoms with Crippen LogP contribution in [0.3, 0.4) is 0 Å². The lowest BCUT2D eigenvalue weighted by molar-refractivity contribution is 0.519. The van der Waals surface area contributed by atoms with Crippen molar-refractivity contribution in [3.63, 3.8) is 0 Å². The molecule has 0 amide bonds. The quantitative estimate of drug-likeness (QED) is 0.527. The molecule has 0 aliphatic carbocycles. The highest BCUT2D eigenvalue weighted by atomic mass is 15.3. The summed E-state index contributed by atoms with van der Waals surface area (Å²) >= 11 is 0. The molecule has 2 nitrogen and oxygen atoms in total. The third kappa shape index (κ3) is 5.38. The minimum absolute atomic E-state index is 0.0610. The Morgan fingerprint density at radius 3 is 2.17 bits per heavy atom. The van der Waals surface area contributed by atoms with Crippen molar-refractivity contribution in [2.45, 2.75) is 40.2 Å². The summed E-state index contributed by atoms with van der Waals surface area (Å²) < 4.78 is 0. The standard InChI is InChI=1S/C22H28N2/c1-18(2)23-24-21(20-15-9-6-10-16-20)22(3,4)17-11-14-19-12-7-5-8-13-19/h5-16,18,23H,17H2,1-4H3/b14-11+,24-21+. The molecule has 0 heterocycles. The average molecular weight is 320 g/mol. The van der Waals surface area contributed by atoms with Crippen LogP contribution in [-0.4, -0.2) is 11.8 Å². The van der Waals surface area contributed by atoms with Crippen LogP contribution in [0, 0.1) is 5.41 Å². The maximum absolute atomic E-state index is 4.72. The molecule has 0 bridgehead atoms. The van der Waals surface area contributed by atoms with Gasteiger partial charge in [0.05, 0.1) is 5.71 Å². The van der Waals surface area contributed by atoms with Gasteiger partial charge in [0.2, 0.25) is 0 Å². The van der Waals surface area contributed by atoms with Gasteiger partial charge in [0.15, 0.2) is 0 Å². The van der Waals surface area contributed by atoms with Crippen LogP contribution in [0.5, 0.6) is 0 Å². The predicted molar refractivity (Wildman–Crippen MR) is 105 cm³/mol. The Hall–Kier alpha value is -2.35. The van der Waals surface area contributed by atoms with E-state index in [2.05, 4.69) is 93.8 Å². The molecule has 24 heavy (non-hydrogen) atoms. The summed E-state index contributed by atoms with van der Waals surface area (Å²) in [5, 5.41) is 4.72. The molecule has 2 aromatic rings. The zero-order valence-corrected chi connectivity index (χ0v) is 15.2. The summed E-state index contributed by atoms with van der Waals surface area (Å²) in [6, 6.07) is 21.2. The van der Waals surface area contributed by atoms with E-state index in [4.69, 9.17) is 5.10 Å². The fraction of sp³-hybridized carbons (Fsp3) is 0.318. The highest BCUT2D eigenvalue weighted by Crippen LogP contribution is 2.28. The number of nitrogens with one attached hydrogen (secondary N) is 1. The largest absolute Gasteiger partial charge is 0.307 e. The summed E-state index contributed by atoms with van der Waals surface area (Å²) in [6.07, 6.45) is 5.35. The van der Waals surface area contributed by atoms with Crippen molar-refractivity contribution < 1.29 is 0 Å². The summed E-state index contributed by atoms with van der Waals surface area (Å²) in [5.74, 6) is 0. The van der Waals surface area contributed by atoms with Gasteiger partial charge < -0.3 is 5.43 Å². The van der Waals surface area contributed by atoms with Crippen molar-refractivity contribution in [3.8, 4) is 0 Å². The molecule has 2 aromatic carbocycles. The minimum Gasteiger partial charge on any atom is -0.307 e. The van der Waals surface area contributed by atoms with E-state index >= 15 is 0 Å². The Bertz CT molecular complexity index is 668. The second kappa shape index (κ2) is 8.49. The SMILES string of the molecule is CC(C)N/N=C(\c1ccccc1)C(C)(C)C/C=C/c1ccccc1. The molecule has 0 aromatic heterocycles. The van der Waals surface area contributed by atoms with Crippen molar-refractivity contribution in [1.29, 1.82) is 0 Å². The molecule has 2 heteroatoms. The fourth-order valence-corrected chi connectivity index (χ4v) is 2.55. The third-order valence-corrected chi connectivity index (χ3v) is 3.86. The van der Waals surface area contributed by atoms with Crippen LogP contribution >= 0.6 is 0 Å². The first kappa shape index (κ1) is 18.0. The van der Waals surface area contributed by atoms with Crippen molar-refractivity contribution in [2.75, 3.05) is 0 Å². The minimum atomic E-state index is -0.0610. The Balaban J connectivity index is 2.20. The zero-order chi connectivity index (χ0) is 17.4. The average Bonchev–Trinajstić information content (AvgIpc) is 2.56. The van der Waals surface area contributed by atoms with Crippen LogP contribution in [0.1, 0.15) is 45.2 Å². The smallest absolute Gasteiger partial charge is 0.0734 e. The first-order valence-electron chi connectivity index (χ1n) is 8.60. The number of rotatable bonds is 7. The lowest BCUT2D eigenvalue weighted by Crippen LogP contribution is -2.29. The van der Waals surface area contributed by atoms with E-state index in [0.717, 1.165) is 12.1 Å². The normalized spacial score (nSPS) is 12.8. The number of nitrogens with zero attached hydrogens (tertiary/aromatic N) is 1. The summed E-state index contributed by atoms with van der Waals surface area (Å²) in [5.41, 5.74) is 6.65. The van der Waals surface area contributed by atoms with Crippen LogP contribution in [0.4, 0.5) is 0 Å². The molecule has 0 saturated carbocycles. The Morgan fingerprint density at radius 2 is 1.58 bits per heavy atom. The van der Waals surface area contributed by atoms with Gasteiger partial charge in [-0.2, -0.15) is 5.10 Å². The Labute approximate surface area is 146 Å². The van der Waals surface area contributed by atoms with Crippen molar-refractivity contribution in [2.24, 2.45) is 10.5 Å². The Morgan fingerprint density at radius 1 is 1.00 bits per heavy atom. The van der Waals surface area contributed by atoms with E-state index in [1.807, 2.05) is 12.1 Å². The first-order chi connectivity index (χ1) is 11.5. The van der Waals surface area contributed by atoms with Gasteiger partial charge in [0.1, 0.15) is 0 Å². The third-order valence-electron chi connectivity index (χ3n) is 3.86. The fourth-order valence-electron chi connectivity index (χ4n) is 2.55. The molecular formula is C22H28N2. The van der Waals surface area contributed by atoms with E-state index in [-0.39, 0.29) is 5.41 Å². The van der Waals surface area contributed by atoms with Crippen LogP contribution in [0.15, 0.2) is 71.8 Å². The van der Waals surface area contributed by atoms with Gasteiger partial charge in [-0.3, -0.25) is 0 Å². The van der Waals surface area contributed by atoms with Gasteiger partial charge in [-0.15, -0.1) is 0 Å². The van der Waals surface area contributed by atoms with Gasteiger partial charge in [0, 0.05) is 11.5 Å². The number of hydrogen-bond acceptors (Lipinski definition) is 2. The highest BCUT2D eigenvalue weighted by molar-refractivity contribution is 6.04. The molecule has 1 N–H and O–H groups in total. The topological polar surface area (TPSA) is 24.4 Å². The molecule has 0 saturated heterocycles. The molecule has 0 aliphatic heterocycles. The second-order valence-electron chi connectivity index (χ2n) is 7.01. The van der Waals surface area contributed by atoms with E-state index in [0.29, 0.717) is 6.04 Å². The van der Waals surface area contributed by atoms with Gasteiger partial charge in [-0.25, -0.2) is 0 Å². The lowest BCUT2D eigenvalue weighted by atomic mass is 9.80. The van der Waals surface area contributed by atoms with Gasteiger partial charge in [-0.1, -0.05) is 86.7 Å². The molecule has 0 atom stereocenters. The van der Waals surface area contributed by atoms with E-state index < -0.39 is 0 Å². The van der Waals surface area contributed by atoms with Crippen LogP contribution in [-0.2, 0) is 0 Å². The first-order valence-corrected chi connectivity index (χ1v) is 8.60. The van der Waals surface area contributed by atoms with Gasteiger partial charge in [-0.05, 0) is 31.4 Å². The number of hydrazone groups is 1. The van der Waals surface area contributed by atoms with Gasteiger partial charge in [0.25, 0.3) is 0 Å². The molecule has 2 rings (SSSR count). The summed E-state index contributed by atoms with van der Waals surface area (Å²) in [4.78, 5) is 0.